The fourth-order valence-electron chi connectivity index (χ4n) is 1.95. The lowest BCUT2D eigenvalue weighted by Crippen LogP contribution is -2.13. The van der Waals surface area contributed by atoms with Crippen molar-refractivity contribution < 1.29 is 4.79 Å². The summed E-state index contributed by atoms with van der Waals surface area (Å²) >= 11 is 3.27. The molecule has 1 aromatic carbocycles. The number of halogens is 1. The highest BCUT2D eigenvalue weighted by Gasteiger charge is 2.12. The molecule has 2 N–H and O–H groups in total. The van der Waals surface area contributed by atoms with Gasteiger partial charge >= 0.3 is 0 Å². The van der Waals surface area contributed by atoms with Crippen molar-refractivity contribution in [2.45, 2.75) is 6.54 Å². The highest BCUT2D eigenvalue weighted by molar-refractivity contribution is 9.10. The maximum Gasteiger partial charge on any atom is 0.274 e. The molecule has 0 saturated heterocycles. The first-order valence-electron chi connectivity index (χ1n) is 6.29. The number of nitrogens with one attached hydrogen (secondary N) is 2. The third-order valence-electron chi connectivity index (χ3n) is 2.91. The monoisotopic (exact) mass is 345 g/mol. The lowest BCUT2D eigenvalue weighted by Gasteiger charge is -2.07. The molecule has 7 heteroatoms. The summed E-state index contributed by atoms with van der Waals surface area (Å²) in [5, 5.41) is 13.5. The van der Waals surface area contributed by atoms with Crippen LogP contribution in [-0.4, -0.2) is 25.9 Å². The average Bonchev–Trinajstić information content (AvgIpc) is 3.10. The van der Waals surface area contributed by atoms with Gasteiger partial charge in [-0.25, -0.2) is 0 Å². The molecule has 0 unspecified atom stereocenters. The molecule has 3 rings (SSSR count). The van der Waals surface area contributed by atoms with Gasteiger partial charge in [-0.2, -0.15) is 10.2 Å². The maximum absolute atomic E-state index is 12.1. The van der Waals surface area contributed by atoms with Crippen LogP contribution in [0.3, 0.4) is 0 Å². The number of anilines is 1. The van der Waals surface area contributed by atoms with Gasteiger partial charge in [-0.05, 0) is 39.7 Å². The second kappa shape index (κ2) is 5.92. The quantitative estimate of drug-likeness (QED) is 0.763. The second-order valence-electron chi connectivity index (χ2n) is 4.45. The number of carbonyl (C=O) groups excluding carboxylic acids is 1. The number of hydrogen-bond acceptors (Lipinski definition) is 3. The number of H-pyrrole nitrogens is 1. The second-order valence-corrected chi connectivity index (χ2v) is 5.31. The van der Waals surface area contributed by atoms with Crippen LogP contribution in [0, 0.1) is 0 Å². The molecule has 0 atom stereocenters. The van der Waals surface area contributed by atoms with E-state index in [1.807, 2.05) is 41.2 Å². The van der Waals surface area contributed by atoms with E-state index in [0.29, 0.717) is 16.7 Å². The molecule has 21 heavy (non-hydrogen) atoms. The topological polar surface area (TPSA) is 75.6 Å². The largest absolute Gasteiger partial charge is 0.321 e. The number of hydrogen-bond donors (Lipinski definition) is 2. The van der Waals surface area contributed by atoms with Gasteiger partial charge in [0.25, 0.3) is 5.91 Å². The van der Waals surface area contributed by atoms with Crippen LogP contribution in [0.15, 0.2) is 53.4 Å². The van der Waals surface area contributed by atoms with E-state index < -0.39 is 0 Å². The normalized spacial score (nSPS) is 10.5. The summed E-state index contributed by atoms with van der Waals surface area (Å²) in [6, 6.07) is 9.53. The zero-order valence-corrected chi connectivity index (χ0v) is 12.5. The van der Waals surface area contributed by atoms with E-state index in [-0.39, 0.29) is 5.91 Å². The third kappa shape index (κ3) is 3.19. The molecule has 6 nitrogen and oxygen atoms in total. The Morgan fingerprint density at radius 2 is 2.29 bits per heavy atom. The van der Waals surface area contributed by atoms with Gasteiger partial charge in [0, 0.05) is 18.1 Å². The molecular formula is C14H12BrN5O. The molecule has 0 spiro atoms. The first kappa shape index (κ1) is 13.6. The Hall–Kier alpha value is -2.41. The third-order valence-corrected chi connectivity index (χ3v) is 3.51. The highest BCUT2D eigenvalue weighted by Crippen LogP contribution is 2.16. The van der Waals surface area contributed by atoms with E-state index in [2.05, 4.69) is 36.5 Å². The van der Waals surface area contributed by atoms with Crippen LogP contribution in [0.2, 0.25) is 0 Å². The molecular weight excluding hydrogens is 334 g/mol. The molecule has 2 heterocycles. The maximum atomic E-state index is 12.1. The average molecular weight is 346 g/mol. The number of rotatable bonds is 4. The van der Waals surface area contributed by atoms with E-state index in [9.17, 15) is 4.79 Å². The highest BCUT2D eigenvalue weighted by atomic mass is 79.9. The molecule has 0 aliphatic rings. The Balaban J connectivity index is 1.74. The zero-order valence-electron chi connectivity index (χ0n) is 11.0. The van der Waals surface area contributed by atoms with Gasteiger partial charge in [0.1, 0.15) is 5.69 Å². The predicted octanol–water partition coefficient (Wildman–Crippen LogP) is 2.67. The fourth-order valence-corrected chi connectivity index (χ4v) is 2.32. The lowest BCUT2D eigenvalue weighted by atomic mass is 10.2. The van der Waals surface area contributed by atoms with E-state index >= 15 is 0 Å². The van der Waals surface area contributed by atoms with Crippen LogP contribution < -0.4 is 5.32 Å². The van der Waals surface area contributed by atoms with Crippen LogP contribution >= 0.6 is 15.9 Å². The molecule has 0 aliphatic heterocycles. The molecule has 1 amide bonds. The van der Waals surface area contributed by atoms with Gasteiger partial charge in [0.2, 0.25) is 0 Å². The molecule has 2 aromatic heterocycles. The number of aromatic nitrogens is 4. The molecule has 0 aliphatic carbocycles. The lowest BCUT2D eigenvalue weighted by molar-refractivity contribution is 0.102. The Morgan fingerprint density at radius 1 is 1.38 bits per heavy atom. The van der Waals surface area contributed by atoms with E-state index in [1.54, 1.807) is 12.4 Å². The van der Waals surface area contributed by atoms with Crippen molar-refractivity contribution in [2.75, 3.05) is 5.32 Å². The minimum Gasteiger partial charge on any atom is -0.321 e. The molecule has 106 valence electrons. The Labute approximate surface area is 129 Å². The van der Waals surface area contributed by atoms with Gasteiger partial charge < -0.3 is 5.32 Å². The minimum absolute atomic E-state index is 0.240. The summed E-state index contributed by atoms with van der Waals surface area (Å²) in [6.07, 6.45) is 5.18. The van der Waals surface area contributed by atoms with E-state index in [4.69, 9.17) is 0 Å². The van der Waals surface area contributed by atoms with Gasteiger partial charge in [-0.15, -0.1) is 0 Å². The van der Waals surface area contributed by atoms with Crippen molar-refractivity contribution in [3.63, 3.8) is 0 Å². The summed E-state index contributed by atoms with van der Waals surface area (Å²) < 4.78 is 2.46. The fraction of sp³-hybridized carbons (Fsp3) is 0.0714. The molecule has 0 radical (unpaired) electrons. The SMILES string of the molecule is O=C(Nc1cccc(Cn2cccn2)c1)c1[nH]ncc1Br. The van der Waals surface area contributed by atoms with Crippen molar-refractivity contribution in [2.24, 2.45) is 0 Å². The summed E-state index contributed by atoms with van der Waals surface area (Å²) in [5.74, 6) is -0.240. The van der Waals surface area contributed by atoms with Crippen LogP contribution in [0.1, 0.15) is 16.1 Å². The smallest absolute Gasteiger partial charge is 0.274 e. The van der Waals surface area contributed by atoms with Crippen molar-refractivity contribution in [3.05, 3.63) is 64.7 Å². The van der Waals surface area contributed by atoms with E-state index in [1.165, 1.54) is 0 Å². The summed E-state index contributed by atoms with van der Waals surface area (Å²) in [4.78, 5) is 12.1. The van der Waals surface area contributed by atoms with Crippen LogP contribution in [0.4, 0.5) is 5.69 Å². The summed E-state index contributed by atoms with van der Waals surface area (Å²) in [6.45, 7) is 0.657. The molecule has 0 bridgehead atoms. The zero-order chi connectivity index (χ0) is 14.7. The van der Waals surface area contributed by atoms with Crippen molar-refractivity contribution in [3.8, 4) is 0 Å². The van der Waals surface area contributed by atoms with E-state index in [0.717, 1.165) is 11.3 Å². The number of carbonyl (C=O) groups is 1. The standard InChI is InChI=1S/C14H12BrN5O/c15-12-8-16-19-13(12)14(21)18-11-4-1-3-10(7-11)9-20-6-2-5-17-20/h1-8H,9H2,(H,16,19)(H,18,21). The Kier molecular flexibility index (Phi) is 3.83. The number of aromatic amines is 1. The van der Waals surface area contributed by atoms with Gasteiger partial charge in [-0.1, -0.05) is 12.1 Å². The molecule has 0 fully saturated rings. The van der Waals surface area contributed by atoms with Crippen LogP contribution in [0.5, 0.6) is 0 Å². The van der Waals surface area contributed by atoms with Gasteiger partial charge in [-0.3, -0.25) is 14.6 Å². The van der Waals surface area contributed by atoms with Crippen molar-refractivity contribution >= 4 is 27.5 Å². The molecule has 0 saturated carbocycles. The first-order chi connectivity index (χ1) is 10.2. The van der Waals surface area contributed by atoms with Gasteiger partial charge in [0.05, 0.1) is 17.2 Å². The molecule has 3 aromatic rings. The van der Waals surface area contributed by atoms with Crippen LogP contribution in [0.25, 0.3) is 0 Å². The first-order valence-corrected chi connectivity index (χ1v) is 7.08. The summed E-state index contributed by atoms with van der Waals surface area (Å²) in [5.41, 5.74) is 2.18. The number of nitrogens with zero attached hydrogens (tertiary/aromatic N) is 3. The van der Waals surface area contributed by atoms with Crippen LogP contribution in [-0.2, 0) is 6.54 Å². The summed E-state index contributed by atoms with van der Waals surface area (Å²) in [7, 11) is 0. The van der Waals surface area contributed by atoms with Crippen molar-refractivity contribution in [1.82, 2.24) is 20.0 Å². The minimum atomic E-state index is -0.240. The Bertz CT molecular complexity index is 750. The number of amides is 1. The van der Waals surface area contributed by atoms with Crippen molar-refractivity contribution in [1.29, 1.82) is 0 Å². The number of benzene rings is 1. The Morgan fingerprint density at radius 3 is 3.00 bits per heavy atom. The van der Waals surface area contributed by atoms with Gasteiger partial charge in [0.15, 0.2) is 0 Å². The predicted molar refractivity (Wildman–Crippen MR) is 82.0 cm³/mol.